The molecule has 2 heterocycles. The number of nitrogens with zero attached hydrogens (tertiary/aromatic N) is 4. The van der Waals surface area contributed by atoms with Crippen LogP contribution < -0.4 is 14.8 Å². The molecule has 1 amide bonds. The number of H-pyrrole nitrogens is 1. The monoisotopic (exact) mass is 406 g/mol. The molecule has 27 heavy (non-hydrogen) atoms. The Bertz CT molecular complexity index is 904. The van der Waals surface area contributed by atoms with Crippen molar-refractivity contribution in [2.45, 2.75) is 18.5 Å². The van der Waals surface area contributed by atoms with Crippen molar-refractivity contribution in [1.29, 1.82) is 0 Å². The number of hydrogen-bond donors (Lipinski definition) is 2. The van der Waals surface area contributed by atoms with Crippen molar-refractivity contribution in [1.82, 2.24) is 25.4 Å². The van der Waals surface area contributed by atoms with Crippen LogP contribution in [0.1, 0.15) is 11.9 Å². The van der Waals surface area contributed by atoms with Crippen LogP contribution in [0, 0.1) is 0 Å². The quantitative estimate of drug-likeness (QED) is 0.549. The first-order valence-corrected chi connectivity index (χ1v) is 9.82. The summed E-state index contributed by atoms with van der Waals surface area (Å²) in [7, 11) is 3.17. The number of benzene rings is 1. The number of aromatic amines is 1. The highest BCUT2D eigenvalue weighted by molar-refractivity contribution is 7.99. The van der Waals surface area contributed by atoms with E-state index >= 15 is 0 Å². The van der Waals surface area contributed by atoms with Gasteiger partial charge in [0.1, 0.15) is 16.5 Å². The zero-order valence-corrected chi connectivity index (χ0v) is 16.6. The number of amides is 1. The molecule has 2 aromatic heterocycles. The van der Waals surface area contributed by atoms with E-state index in [9.17, 15) is 4.79 Å². The molecule has 9 nitrogen and oxygen atoms in total. The average Bonchev–Trinajstić information content (AvgIpc) is 3.35. The third kappa shape index (κ3) is 4.95. The van der Waals surface area contributed by atoms with Crippen molar-refractivity contribution in [3.8, 4) is 22.9 Å². The fourth-order valence-electron chi connectivity index (χ4n) is 2.12. The standard InChI is InChI=1S/C16H18N6O3S2/c1-4-13-19-22-16(27-13)17-12(23)8-26-15-18-14(20-21-15)9-5-10(24-2)7-11(6-9)25-3/h5-7H,4,8H2,1-3H3,(H,17,22,23)(H,18,20,21). The maximum atomic E-state index is 12.0. The molecule has 1 aromatic carbocycles. The molecule has 0 bridgehead atoms. The normalized spacial score (nSPS) is 10.6. The third-order valence-corrected chi connectivity index (χ3v) is 5.27. The molecule has 3 rings (SSSR count). The van der Waals surface area contributed by atoms with Gasteiger partial charge in [0.05, 0.1) is 20.0 Å². The Labute approximate surface area is 163 Å². The van der Waals surface area contributed by atoms with Crippen LogP contribution in [0.2, 0.25) is 0 Å². The first-order chi connectivity index (χ1) is 13.1. The van der Waals surface area contributed by atoms with Crippen molar-refractivity contribution in [2.24, 2.45) is 0 Å². The van der Waals surface area contributed by atoms with Crippen molar-refractivity contribution in [2.75, 3.05) is 25.3 Å². The van der Waals surface area contributed by atoms with Gasteiger partial charge in [0.15, 0.2) is 5.82 Å². The smallest absolute Gasteiger partial charge is 0.236 e. The Morgan fingerprint density at radius 1 is 1.22 bits per heavy atom. The summed E-state index contributed by atoms with van der Waals surface area (Å²) in [5.74, 6) is 1.84. The Kier molecular flexibility index (Phi) is 6.24. The lowest BCUT2D eigenvalue weighted by Crippen LogP contribution is -2.13. The summed E-state index contributed by atoms with van der Waals surface area (Å²) in [6, 6.07) is 5.42. The third-order valence-electron chi connectivity index (χ3n) is 3.44. The number of aryl methyl sites for hydroxylation is 1. The fraction of sp³-hybridized carbons (Fsp3) is 0.312. The molecule has 0 spiro atoms. The van der Waals surface area contributed by atoms with Gasteiger partial charge in [0, 0.05) is 11.6 Å². The van der Waals surface area contributed by atoms with Gasteiger partial charge in [-0.3, -0.25) is 15.2 Å². The van der Waals surface area contributed by atoms with Gasteiger partial charge >= 0.3 is 0 Å². The summed E-state index contributed by atoms with van der Waals surface area (Å²) in [5.41, 5.74) is 0.774. The highest BCUT2D eigenvalue weighted by Crippen LogP contribution is 2.28. The summed E-state index contributed by atoms with van der Waals surface area (Å²) in [6.45, 7) is 1.99. The number of ether oxygens (including phenoxy) is 2. The second-order valence-corrected chi connectivity index (χ2v) is 7.26. The van der Waals surface area contributed by atoms with Crippen LogP contribution in [0.4, 0.5) is 5.13 Å². The van der Waals surface area contributed by atoms with E-state index in [1.165, 1.54) is 23.1 Å². The van der Waals surface area contributed by atoms with Crippen molar-refractivity contribution < 1.29 is 14.3 Å². The molecule has 0 saturated carbocycles. The van der Waals surface area contributed by atoms with Gasteiger partial charge in [-0.2, -0.15) is 0 Å². The minimum atomic E-state index is -0.187. The maximum absolute atomic E-state index is 12.0. The van der Waals surface area contributed by atoms with E-state index in [-0.39, 0.29) is 11.7 Å². The summed E-state index contributed by atoms with van der Waals surface area (Å²) in [6.07, 6.45) is 0.789. The minimum Gasteiger partial charge on any atom is -0.497 e. The van der Waals surface area contributed by atoms with Crippen LogP contribution in [0.15, 0.2) is 23.4 Å². The Balaban J connectivity index is 1.61. The number of rotatable bonds is 8. The summed E-state index contributed by atoms with van der Waals surface area (Å²) in [4.78, 5) is 16.4. The van der Waals surface area contributed by atoms with E-state index in [0.717, 1.165) is 17.0 Å². The number of hydrogen-bond acceptors (Lipinski definition) is 9. The van der Waals surface area contributed by atoms with E-state index < -0.39 is 0 Å². The first-order valence-electron chi connectivity index (χ1n) is 8.02. The number of carbonyl (C=O) groups excluding carboxylic acids is 1. The van der Waals surface area contributed by atoms with Crippen LogP contribution >= 0.6 is 23.1 Å². The first kappa shape index (κ1) is 19.1. The van der Waals surface area contributed by atoms with E-state index in [4.69, 9.17) is 9.47 Å². The lowest BCUT2D eigenvalue weighted by molar-refractivity contribution is -0.113. The minimum absolute atomic E-state index is 0.166. The van der Waals surface area contributed by atoms with Gasteiger partial charge in [-0.1, -0.05) is 30.0 Å². The van der Waals surface area contributed by atoms with Crippen LogP contribution in [0.3, 0.4) is 0 Å². The van der Waals surface area contributed by atoms with Gasteiger partial charge in [-0.05, 0) is 18.6 Å². The number of methoxy groups -OCH3 is 2. The van der Waals surface area contributed by atoms with E-state index in [2.05, 4.69) is 30.7 Å². The van der Waals surface area contributed by atoms with Crippen LogP contribution in [0.25, 0.3) is 11.4 Å². The van der Waals surface area contributed by atoms with Crippen LogP contribution in [-0.2, 0) is 11.2 Å². The Morgan fingerprint density at radius 2 is 1.96 bits per heavy atom. The number of nitrogens with one attached hydrogen (secondary N) is 2. The predicted molar refractivity (Wildman–Crippen MR) is 104 cm³/mol. The van der Waals surface area contributed by atoms with Crippen molar-refractivity contribution in [3.63, 3.8) is 0 Å². The summed E-state index contributed by atoms with van der Waals surface area (Å²) < 4.78 is 10.5. The molecule has 2 N–H and O–H groups in total. The largest absolute Gasteiger partial charge is 0.497 e. The number of carbonyl (C=O) groups is 1. The molecule has 0 aliphatic carbocycles. The topological polar surface area (TPSA) is 115 Å². The fourth-order valence-corrected chi connectivity index (χ4v) is 3.41. The Morgan fingerprint density at radius 3 is 2.59 bits per heavy atom. The van der Waals surface area contributed by atoms with E-state index in [1.54, 1.807) is 20.3 Å². The average molecular weight is 406 g/mol. The summed E-state index contributed by atoms with van der Waals surface area (Å²) in [5, 5.41) is 19.5. The zero-order valence-electron chi connectivity index (χ0n) is 15.0. The lowest BCUT2D eigenvalue weighted by Gasteiger charge is -2.06. The molecule has 0 atom stereocenters. The molecular formula is C16H18N6O3S2. The highest BCUT2D eigenvalue weighted by Gasteiger charge is 2.12. The number of thioether (sulfide) groups is 1. The SMILES string of the molecule is CCc1nnc(NC(=O)CSc2n[nH]c(-c3cc(OC)cc(OC)c3)n2)s1. The highest BCUT2D eigenvalue weighted by atomic mass is 32.2. The van der Waals surface area contributed by atoms with Gasteiger partial charge in [-0.15, -0.1) is 15.3 Å². The van der Waals surface area contributed by atoms with Crippen molar-refractivity contribution in [3.05, 3.63) is 23.2 Å². The number of anilines is 1. The predicted octanol–water partition coefficient (Wildman–Crippen LogP) is 2.63. The zero-order chi connectivity index (χ0) is 19.2. The van der Waals surface area contributed by atoms with Crippen LogP contribution in [0.5, 0.6) is 11.5 Å². The molecule has 142 valence electrons. The second kappa shape index (κ2) is 8.82. The molecule has 0 radical (unpaired) electrons. The molecule has 11 heteroatoms. The number of aromatic nitrogens is 5. The molecule has 0 saturated heterocycles. The van der Waals surface area contributed by atoms with Crippen molar-refractivity contribution >= 4 is 34.1 Å². The molecule has 0 aliphatic rings. The molecule has 3 aromatic rings. The maximum Gasteiger partial charge on any atom is 0.236 e. The second-order valence-electron chi connectivity index (χ2n) is 5.26. The molecule has 0 unspecified atom stereocenters. The molecular weight excluding hydrogens is 388 g/mol. The van der Waals surface area contributed by atoms with Gasteiger partial charge in [0.25, 0.3) is 0 Å². The lowest BCUT2D eigenvalue weighted by atomic mass is 10.2. The van der Waals surface area contributed by atoms with E-state index in [0.29, 0.717) is 27.6 Å². The van der Waals surface area contributed by atoms with E-state index in [1.807, 2.05) is 19.1 Å². The van der Waals surface area contributed by atoms with Gasteiger partial charge in [-0.25, -0.2) is 4.98 Å². The molecule has 0 aliphatic heterocycles. The molecule has 0 fully saturated rings. The summed E-state index contributed by atoms with van der Waals surface area (Å²) >= 11 is 2.59. The van der Waals surface area contributed by atoms with Crippen LogP contribution in [-0.4, -0.2) is 51.3 Å². The Hall–Kier alpha value is -2.66. The van der Waals surface area contributed by atoms with Gasteiger partial charge < -0.3 is 9.47 Å². The van der Waals surface area contributed by atoms with Gasteiger partial charge in [0.2, 0.25) is 16.2 Å².